The van der Waals surface area contributed by atoms with E-state index < -0.39 is 0 Å². The Hall–Kier alpha value is -3.23. The van der Waals surface area contributed by atoms with Crippen LogP contribution in [0.2, 0.25) is 0 Å². The highest BCUT2D eigenvalue weighted by molar-refractivity contribution is 7.99. The number of fused-ring (bicyclic) bond motifs is 1. The number of hydrogen-bond acceptors (Lipinski definition) is 5. The van der Waals surface area contributed by atoms with E-state index in [9.17, 15) is 9.18 Å². The van der Waals surface area contributed by atoms with Gasteiger partial charge in [-0.15, -0.1) is 10.2 Å². The number of benzene rings is 3. The number of carbonyl (C=O) groups excluding carboxylic acids is 1. The molecule has 0 fully saturated rings. The molecule has 2 unspecified atom stereocenters. The molecule has 0 bridgehead atoms. The van der Waals surface area contributed by atoms with Gasteiger partial charge in [0, 0.05) is 5.69 Å². The number of amides is 1. The predicted molar refractivity (Wildman–Crippen MR) is 135 cm³/mol. The van der Waals surface area contributed by atoms with Crippen LogP contribution in [-0.2, 0) is 4.79 Å². The average Bonchev–Trinajstić information content (AvgIpc) is 3.26. The molecule has 6 nitrogen and oxygen atoms in total. The largest absolute Gasteiger partial charge is 0.349 e. The summed E-state index contributed by atoms with van der Waals surface area (Å²) >= 11 is 1.31. The van der Waals surface area contributed by atoms with E-state index in [2.05, 4.69) is 33.7 Å². The van der Waals surface area contributed by atoms with Gasteiger partial charge in [-0.1, -0.05) is 54.2 Å². The molecule has 4 aromatic rings. The molecule has 4 rings (SSSR count). The highest BCUT2D eigenvalue weighted by Gasteiger charge is 2.22. The predicted octanol–water partition coefficient (Wildman–Crippen LogP) is 5.15. The highest BCUT2D eigenvalue weighted by Crippen LogP contribution is 2.28. The third kappa shape index (κ3) is 5.13. The lowest BCUT2D eigenvalue weighted by molar-refractivity contribution is -0.119. The molecule has 3 aromatic carbocycles. The Morgan fingerprint density at radius 2 is 1.74 bits per heavy atom. The number of nitrogens with zero attached hydrogens (tertiary/aromatic N) is 4. The van der Waals surface area contributed by atoms with Crippen molar-refractivity contribution >= 4 is 28.4 Å². The fourth-order valence-electron chi connectivity index (χ4n) is 3.83. The number of hydrogen-bond donors (Lipinski definition) is 1. The van der Waals surface area contributed by atoms with Gasteiger partial charge in [-0.2, -0.15) is 0 Å². The van der Waals surface area contributed by atoms with Gasteiger partial charge in [-0.3, -0.25) is 14.3 Å². The van der Waals surface area contributed by atoms with E-state index >= 15 is 0 Å². The molecule has 0 radical (unpaired) electrons. The maximum atomic E-state index is 13.5. The summed E-state index contributed by atoms with van der Waals surface area (Å²) in [6.07, 6.45) is 0. The van der Waals surface area contributed by atoms with Crippen LogP contribution < -0.4 is 5.32 Å². The van der Waals surface area contributed by atoms with Crippen molar-refractivity contribution < 1.29 is 9.18 Å². The lowest BCUT2D eigenvalue weighted by Gasteiger charge is -2.20. The average molecular weight is 478 g/mol. The molecule has 0 saturated carbocycles. The molecule has 1 N–H and O–H groups in total. The topological polar surface area (TPSA) is 63.1 Å². The third-order valence-electron chi connectivity index (χ3n) is 5.89. The van der Waals surface area contributed by atoms with Crippen molar-refractivity contribution in [2.45, 2.75) is 31.1 Å². The van der Waals surface area contributed by atoms with Gasteiger partial charge < -0.3 is 5.32 Å². The summed E-state index contributed by atoms with van der Waals surface area (Å²) in [6.45, 7) is 4.01. The zero-order valence-electron chi connectivity index (χ0n) is 19.7. The number of nitrogens with one attached hydrogen (secondary N) is 1. The summed E-state index contributed by atoms with van der Waals surface area (Å²) in [5.41, 5.74) is 1.83. The van der Waals surface area contributed by atoms with Crippen LogP contribution in [0.1, 0.15) is 37.3 Å². The molecule has 8 heteroatoms. The van der Waals surface area contributed by atoms with Crippen molar-refractivity contribution in [3.05, 3.63) is 83.9 Å². The molecule has 1 amide bonds. The molecule has 0 saturated heterocycles. The van der Waals surface area contributed by atoms with Crippen LogP contribution in [0.15, 0.2) is 71.9 Å². The lowest BCUT2D eigenvalue weighted by atomic mass is 10.00. The molecule has 176 valence electrons. The van der Waals surface area contributed by atoms with Gasteiger partial charge in [-0.05, 0) is 68.5 Å². The van der Waals surface area contributed by atoms with E-state index in [1.165, 1.54) is 23.9 Å². The van der Waals surface area contributed by atoms with Crippen LogP contribution in [0.3, 0.4) is 0 Å². The molecule has 0 spiro atoms. The van der Waals surface area contributed by atoms with Crippen LogP contribution >= 0.6 is 11.8 Å². The lowest BCUT2D eigenvalue weighted by Crippen LogP contribution is -2.28. The van der Waals surface area contributed by atoms with Crippen LogP contribution in [0.4, 0.5) is 4.39 Å². The molecule has 0 aliphatic carbocycles. The zero-order valence-corrected chi connectivity index (χ0v) is 20.5. The Balaban J connectivity index is 1.51. The maximum absolute atomic E-state index is 13.5. The first kappa shape index (κ1) is 23.9. The second kappa shape index (κ2) is 10.4. The van der Waals surface area contributed by atoms with Gasteiger partial charge in [0.2, 0.25) is 5.91 Å². The Kier molecular flexibility index (Phi) is 7.29. The van der Waals surface area contributed by atoms with Crippen molar-refractivity contribution in [1.29, 1.82) is 0 Å². The molecular formula is C26H28FN5OS. The van der Waals surface area contributed by atoms with E-state index in [4.69, 9.17) is 0 Å². The molecule has 1 aromatic heterocycles. The normalized spacial score (nSPS) is 13.2. The number of aromatic nitrogens is 3. The number of rotatable bonds is 8. The van der Waals surface area contributed by atoms with E-state index in [0.29, 0.717) is 5.16 Å². The van der Waals surface area contributed by atoms with E-state index in [0.717, 1.165) is 27.8 Å². The Morgan fingerprint density at radius 1 is 1.03 bits per heavy atom. The van der Waals surface area contributed by atoms with Crippen LogP contribution in [0, 0.1) is 5.82 Å². The van der Waals surface area contributed by atoms with Gasteiger partial charge in [0.05, 0.1) is 17.8 Å². The summed E-state index contributed by atoms with van der Waals surface area (Å²) in [4.78, 5) is 14.9. The van der Waals surface area contributed by atoms with Crippen molar-refractivity contribution in [3.8, 4) is 5.69 Å². The van der Waals surface area contributed by atoms with E-state index in [1.807, 2.05) is 61.7 Å². The van der Waals surface area contributed by atoms with Crippen molar-refractivity contribution in [1.82, 2.24) is 25.0 Å². The SMILES string of the molecule is CC(NC(=O)CSc1nnc(C(C)N(C)C)n1-c1ccc(F)cc1)c1cccc2ccccc12. The van der Waals surface area contributed by atoms with Gasteiger partial charge in [-0.25, -0.2) is 4.39 Å². The first-order valence-corrected chi connectivity index (χ1v) is 12.1. The van der Waals surface area contributed by atoms with Gasteiger partial charge >= 0.3 is 0 Å². The highest BCUT2D eigenvalue weighted by atomic mass is 32.2. The minimum absolute atomic E-state index is 0.0212. The van der Waals surface area contributed by atoms with Crippen molar-refractivity contribution in [2.24, 2.45) is 0 Å². The molecule has 2 atom stereocenters. The quantitative estimate of drug-likeness (QED) is 0.356. The van der Waals surface area contributed by atoms with Gasteiger partial charge in [0.1, 0.15) is 5.82 Å². The summed E-state index contributed by atoms with van der Waals surface area (Å²) < 4.78 is 15.4. The summed E-state index contributed by atoms with van der Waals surface area (Å²) in [5.74, 6) is 0.505. The Morgan fingerprint density at radius 3 is 2.47 bits per heavy atom. The number of carbonyl (C=O) groups is 1. The van der Waals surface area contributed by atoms with Crippen LogP contribution in [-0.4, -0.2) is 45.4 Å². The Bertz CT molecular complexity index is 1280. The molecule has 0 aliphatic heterocycles. The summed E-state index contributed by atoms with van der Waals surface area (Å²) in [5, 5.41) is 14.7. The monoisotopic (exact) mass is 477 g/mol. The first-order chi connectivity index (χ1) is 16.3. The second-order valence-corrected chi connectivity index (χ2v) is 9.38. The summed E-state index contributed by atoms with van der Waals surface area (Å²) in [6, 6.07) is 20.3. The number of thioether (sulfide) groups is 1. The van der Waals surface area contributed by atoms with Crippen LogP contribution in [0.25, 0.3) is 16.5 Å². The van der Waals surface area contributed by atoms with Crippen molar-refractivity contribution in [2.75, 3.05) is 19.8 Å². The molecular weight excluding hydrogens is 449 g/mol. The van der Waals surface area contributed by atoms with Gasteiger partial charge in [0.25, 0.3) is 0 Å². The third-order valence-corrected chi connectivity index (χ3v) is 6.82. The van der Waals surface area contributed by atoms with E-state index in [-0.39, 0.29) is 29.6 Å². The minimum Gasteiger partial charge on any atom is -0.349 e. The molecule has 1 heterocycles. The molecule has 34 heavy (non-hydrogen) atoms. The maximum Gasteiger partial charge on any atom is 0.230 e. The zero-order chi connectivity index (χ0) is 24.2. The van der Waals surface area contributed by atoms with Crippen molar-refractivity contribution in [3.63, 3.8) is 0 Å². The molecule has 0 aliphatic rings. The summed E-state index contributed by atoms with van der Waals surface area (Å²) in [7, 11) is 3.92. The van der Waals surface area contributed by atoms with Gasteiger partial charge in [0.15, 0.2) is 11.0 Å². The fraction of sp³-hybridized carbons (Fsp3) is 0.269. The smallest absolute Gasteiger partial charge is 0.230 e. The van der Waals surface area contributed by atoms with Crippen LogP contribution in [0.5, 0.6) is 0 Å². The fourth-order valence-corrected chi connectivity index (χ4v) is 4.60. The second-order valence-electron chi connectivity index (χ2n) is 8.44. The van der Waals surface area contributed by atoms with E-state index in [1.54, 1.807) is 12.1 Å². The minimum atomic E-state index is -0.310. The number of halogens is 1. The standard InChI is InChI=1S/C26H28FN5OS/c1-17(22-11-7-9-19-8-5-6-10-23(19)22)28-24(33)16-34-26-30-29-25(18(2)31(3)4)32(26)21-14-12-20(27)13-15-21/h5-15,17-18H,16H2,1-4H3,(H,28,33). The first-order valence-electron chi connectivity index (χ1n) is 11.1. The Labute approximate surface area is 203 Å².